The Labute approximate surface area is 167 Å². The molecule has 0 spiro atoms. The van der Waals surface area contributed by atoms with Crippen LogP contribution in [0.1, 0.15) is 35.3 Å². The van der Waals surface area contributed by atoms with Gasteiger partial charge in [-0.2, -0.15) is 5.10 Å². The van der Waals surface area contributed by atoms with Crippen LogP contribution in [0.15, 0.2) is 35.3 Å². The van der Waals surface area contributed by atoms with Crippen molar-refractivity contribution < 1.29 is 4.74 Å². The van der Waals surface area contributed by atoms with Crippen molar-refractivity contribution in [2.24, 2.45) is 0 Å². The van der Waals surface area contributed by atoms with E-state index in [9.17, 15) is 4.79 Å². The Bertz CT molecular complexity index is 1070. The minimum absolute atomic E-state index is 0.114. The van der Waals surface area contributed by atoms with Crippen molar-refractivity contribution in [3.8, 4) is 16.3 Å². The summed E-state index contributed by atoms with van der Waals surface area (Å²) >= 11 is 1.16. The molecule has 0 bridgehead atoms. The second-order valence-corrected chi connectivity index (χ2v) is 8.39. The molecule has 1 N–H and O–H groups in total. The maximum atomic E-state index is 11.4. The maximum Gasteiger partial charge on any atom is 0.322 e. The van der Waals surface area contributed by atoms with Crippen LogP contribution in [-0.2, 0) is 19.3 Å². The van der Waals surface area contributed by atoms with Crippen molar-refractivity contribution in [1.82, 2.24) is 20.1 Å². The molecule has 5 rings (SSSR count). The first-order valence-electron chi connectivity index (χ1n) is 9.71. The Hall–Kier alpha value is -2.51. The van der Waals surface area contributed by atoms with Crippen LogP contribution in [0, 0.1) is 0 Å². The zero-order valence-corrected chi connectivity index (χ0v) is 16.6. The second kappa shape index (κ2) is 7.14. The van der Waals surface area contributed by atoms with Gasteiger partial charge in [-0.3, -0.25) is 14.7 Å². The molecule has 0 amide bonds. The van der Waals surface area contributed by atoms with Gasteiger partial charge in [-0.05, 0) is 48.6 Å². The quantitative estimate of drug-likeness (QED) is 0.739. The molecule has 0 fully saturated rings. The summed E-state index contributed by atoms with van der Waals surface area (Å²) in [5, 5.41) is 7.38. The highest BCUT2D eigenvalue weighted by atomic mass is 32.1. The summed E-state index contributed by atoms with van der Waals surface area (Å²) in [5.41, 5.74) is 6.05. The Morgan fingerprint density at radius 2 is 2.04 bits per heavy atom. The number of nitrogens with one attached hydrogen (secondary N) is 1. The van der Waals surface area contributed by atoms with E-state index >= 15 is 0 Å². The van der Waals surface area contributed by atoms with E-state index in [4.69, 9.17) is 4.74 Å². The van der Waals surface area contributed by atoms with Crippen LogP contribution < -0.4 is 9.61 Å². The van der Waals surface area contributed by atoms with Gasteiger partial charge in [0.25, 0.3) is 0 Å². The fourth-order valence-electron chi connectivity index (χ4n) is 4.11. The molecule has 0 aliphatic carbocycles. The van der Waals surface area contributed by atoms with Gasteiger partial charge in [0.1, 0.15) is 10.8 Å². The number of pyridine rings is 1. The van der Waals surface area contributed by atoms with Crippen LogP contribution in [0.3, 0.4) is 0 Å². The molecule has 3 aromatic rings. The van der Waals surface area contributed by atoms with Gasteiger partial charge in [-0.25, -0.2) is 5.10 Å². The highest BCUT2D eigenvalue weighted by Crippen LogP contribution is 2.31. The summed E-state index contributed by atoms with van der Waals surface area (Å²) in [4.78, 5) is 18.4. The zero-order chi connectivity index (χ0) is 19.1. The third-order valence-corrected chi connectivity index (χ3v) is 6.60. The fourth-order valence-corrected chi connectivity index (χ4v) is 4.72. The Balaban J connectivity index is 1.35. The second-order valence-electron chi connectivity index (χ2n) is 7.43. The third-order valence-electron chi connectivity index (χ3n) is 5.81. The number of H-pyrrole nitrogens is 1. The lowest BCUT2D eigenvalue weighted by Crippen LogP contribution is -2.29. The van der Waals surface area contributed by atoms with Crippen LogP contribution >= 0.6 is 11.3 Å². The molecular formula is C21H22N4O2S. The molecule has 28 heavy (non-hydrogen) atoms. The van der Waals surface area contributed by atoms with Crippen molar-refractivity contribution in [3.05, 3.63) is 62.5 Å². The lowest BCUT2D eigenvalue weighted by atomic mass is 10.0. The lowest BCUT2D eigenvalue weighted by molar-refractivity contribution is 0.220. The van der Waals surface area contributed by atoms with Crippen LogP contribution in [0.2, 0.25) is 0 Å². The zero-order valence-electron chi connectivity index (χ0n) is 15.8. The average molecular weight is 395 g/mol. The van der Waals surface area contributed by atoms with Gasteiger partial charge >= 0.3 is 4.87 Å². The molecule has 2 aliphatic rings. The topological polar surface area (TPSA) is 71.1 Å². The Morgan fingerprint density at radius 1 is 1.18 bits per heavy atom. The highest BCUT2D eigenvalue weighted by Gasteiger charge is 2.23. The van der Waals surface area contributed by atoms with Crippen molar-refractivity contribution in [2.45, 2.75) is 32.2 Å². The number of fused-ring (bicyclic) bond motifs is 2. The van der Waals surface area contributed by atoms with Crippen molar-refractivity contribution >= 4 is 11.3 Å². The predicted molar refractivity (Wildman–Crippen MR) is 109 cm³/mol. The number of hydrogen-bond acceptors (Lipinski definition) is 6. The van der Waals surface area contributed by atoms with Crippen molar-refractivity contribution in [1.29, 1.82) is 0 Å². The van der Waals surface area contributed by atoms with E-state index in [1.807, 2.05) is 6.20 Å². The molecule has 144 valence electrons. The van der Waals surface area contributed by atoms with Gasteiger partial charge in [0.15, 0.2) is 0 Å². The SMILES string of the molecule is CC(c1cnc2c(c1)OCC2)N1CCc2ccc(-c3n[nH]c(=O)s3)cc2CC1. The number of aromatic amines is 1. The summed E-state index contributed by atoms with van der Waals surface area (Å²) in [6.07, 6.45) is 4.93. The Morgan fingerprint density at radius 3 is 2.86 bits per heavy atom. The first-order chi connectivity index (χ1) is 13.7. The smallest absolute Gasteiger partial charge is 0.322 e. The van der Waals surface area contributed by atoms with Crippen LogP contribution in [0.4, 0.5) is 0 Å². The van der Waals surface area contributed by atoms with Gasteiger partial charge in [-0.1, -0.05) is 23.5 Å². The van der Waals surface area contributed by atoms with Gasteiger partial charge in [0, 0.05) is 37.3 Å². The number of rotatable bonds is 3. The van der Waals surface area contributed by atoms with Gasteiger partial charge in [-0.15, -0.1) is 0 Å². The minimum Gasteiger partial charge on any atom is -0.491 e. The summed E-state index contributed by atoms with van der Waals surface area (Å²) in [5.74, 6) is 0.949. The van der Waals surface area contributed by atoms with Crippen LogP contribution in [0.25, 0.3) is 10.6 Å². The molecule has 7 heteroatoms. The Kier molecular flexibility index (Phi) is 4.49. The van der Waals surface area contributed by atoms with E-state index in [2.05, 4.69) is 51.3 Å². The summed E-state index contributed by atoms with van der Waals surface area (Å²) in [7, 11) is 0. The van der Waals surface area contributed by atoms with E-state index in [-0.39, 0.29) is 4.87 Å². The molecule has 6 nitrogen and oxygen atoms in total. The number of ether oxygens (including phenoxy) is 1. The molecule has 2 aromatic heterocycles. The first kappa shape index (κ1) is 17.6. The van der Waals surface area contributed by atoms with Gasteiger partial charge < -0.3 is 4.74 Å². The molecule has 2 aliphatic heterocycles. The van der Waals surface area contributed by atoms with Crippen molar-refractivity contribution in [2.75, 3.05) is 19.7 Å². The van der Waals surface area contributed by atoms with Gasteiger partial charge in [0.05, 0.1) is 12.3 Å². The average Bonchev–Trinajstić information content (AvgIpc) is 3.30. The fraction of sp³-hybridized carbons (Fsp3) is 0.381. The van der Waals surface area contributed by atoms with E-state index < -0.39 is 0 Å². The number of nitrogens with zero attached hydrogens (tertiary/aromatic N) is 3. The molecule has 0 saturated carbocycles. The third kappa shape index (κ3) is 3.25. The predicted octanol–water partition coefficient (Wildman–Crippen LogP) is 2.99. The van der Waals surface area contributed by atoms with Crippen LogP contribution in [-0.4, -0.2) is 39.8 Å². The van der Waals surface area contributed by atoms with Gasteiger partial charge in [0.2, 0.25) is 0 Å². The molecule has 1 aromatic carbocycles. The normalized spacial score (nSPS) is 17.5. The van der Waals surface area contributed by atoms with E-state index in [1.54, 1.807) is 0 Å². The minimum atomic E-state index is -0.114. The molecule has 1 unspecified atom stereocenters. The maximum absolute atomic E-state index is 11.4. The number of hydrogen-bond donors (Lipinski definition) is 1. The summed E-state index contributed by atoms with van der Waals surface area (Å²) in [6, 6.07) is 8.92. The standard InChI is InChI=1S/C21H22N4O2S/c1-13(17-11-19-18(22-12-17)6-9-27-19)25-7-4-14-2-3-16(10-15(14)5-8-25)20-23-24-21(26)28-20/h2-3,10-13H,4-9H2,1H3,(H,24,26). The van der Waals surface area contributed by atoms with E-state index in [1.165, 1.54) is 16.7 Å². The van der Waals surface area contributed by atoms with E-state index in [0.717, 1.165) is 72.3 Å². The number of aromatic nitrogens is 3. The monoisotopic (exact) mass is 394 g/mol. The molecule has 1 atom stereocenters. The highest BCUT2D eigenvalue weighted by molar-refractivity contribution is 7.12. The molecule has 0 radical (unpaired) electrons. The van der Waals surface area contributed by atoms with E-state index in [0.29, 0.717) is 6.04 Å². The lowest BCUT2D eigenvalue weighted by Gasteiger charge is -2.27. The first-order valence-corrected chi connectivity index (χ1v) is 10.5. The largest absolute Gasteiger partial charge is 0.491 e. The summed E-state index contributed by atoms with van der Waals surface area (Å²) in [6.45, 7) is 5.00. The number of benzene rings is 1. The molecular weight excluding hydrogens is 372 g/mol. The summed E-state index contributed by atoms with van der Waals surface area (Å²) < 4.78 is 5.70. The molecule has 0 saturated heterocycles. The molecule has 4 heterocycles. The van der Waals surface area contributed by atoms with Crippen molar-refractivity contribution in [3.63, 3.8) is 0 Å². The van der Waals surface area contributed by atoms with Crippen LogP contribution in [0.5, 0.6) is 5.75 Å².